The molecule has 0 atom stereocenters. The molecular formula is C21H34Cl2N2O. The van der Waals surface area contributed by atoms with Gasteiger partial charge in [-0.2, -0.15) is 0 Å². The normalized spacial score (nSPS) is 19.9. The number of likely N-dealkylation sites (tertiary alicyclic amines) is 1. The molecule has 2 fully saturated rings. The van der Waals surface area contributed by atoms with Gasteiger partial charge in [0.05, 0.1) is 13.2 Å². The van der Waals surface area contributed by atoms with E-state index < -0.39 is 0 Å². The predicted molar refractivity (Wildman–Crippen MR) is 116 cm³/mol. The van der Waals surface area contributed by atoms with Crippen LogP contribution in [0.1, 0.15) is 29.5 Å². The topological polar surface area (TPSA) is 15.7 Å². The average molecular weight is 401 g/mol. The monoisotopic (exact) mass is 400 g/mol. The molecular weight excluding hydrogens is 367 g/mol. The van der Waals surface area contributed by atoms with Gasteiger partial charge in [-0.15, -0.1) is 24.8 Å². The zero-order valence-corrected chi connectivity index (χ0v) is 17.8. The van der Waals surface area contributed by atoms with Crippen molar-refractivity contribution in [2.75, 3.05) is 52.5 Å². The molecule has 2 aliphatic rings. The first-order valence-electron chi connectivity index (χ1n) is 9.49. The molecule has 0 aliphatic carbocycles. The van der Waals surface area contributed by atoms with E-state index in [2.05, 4.69) is 54.0 Å². The van der Waals surface area contributed by atoms with Crippen molar-refractivity contribution in [3.05, 3.63) is 41.0 Å². The van der Waals surface area contributed by atoms with Crippen LogP contribution in [-0.4, -0.2) is 62.3 Å². The first-order valence-corrected chi connectivity index (χ1v) is 9.49. The minimum Gasteiger partial charge on any atom is -0.379 e. The maximum Gasteiger partial charge on any atom is 0.0594 e. The Labute approximate surface area is 171 Å². The van der Waals surface area contributed by atoms with Crippen molar-refractivity contribution in [2.24, 2.45) is 5.92 Å². The zero-order valence-electron chi connectivity index (χ0n) is 16.2. The quantitative estimate of drug-likeness (QED) is 0.735. The van der Waals surface area contributed by atoms with Crippen molar-refractivity contribution in [2.45, 2.75) is 26.7 Å². The standard InChI is InChI=1S/C21H32N2O.2ClH/c1-18-4-3-5-19(2)21(18)7-6-20-8-10-22(11-9-20)12-13-23-14-16-24-17-15-23;;/h3-7,20H,8-17H2,1-2H3;2*1H. The van der Waals surface area contributed by atoms with Crippen molar-refractivity contribution >= 4 is 30.9 Å². The SMILES string of the molecule is Cc1cccc(C)c1C=CC1CCN(CCN2CCOCC2)CC1.Cl.Cl. The highest BCUT2D eigenvalue weighted by Gasteiger charge is 2.18. The number of morpholine rings is 1. The molecule has 0 amide bonds. The van der Waals surface area contributed by atoms with Gasteiger partial charge in [-0.05, 0) is 62.4 Å². The number of aryl methyl sites for hydroxylation is 2. The molecule has 26 heavy (non-hydrogen) atoms. The Balaban J connectivity index is 0.00000169. The van der Waals surface area contributed by atoms with Crippen LogP contribution in [0.15, 0.2) is 24.3 Å². The third-order valence-electron chi connectivity index (χ3n) is 5.55. The molecule has 3 rings (SSSR count). The summed E-state index contributed by atoms with van der Waals surface area (Å²) in [4.78, 5) is 5.18. The smallest absolute Gasteiger partial charge is 0.0594 e. The van der Waals surface area contributed by atoms with Crippen LogP contribution in [-0.2, 0) is 4.74 Å². The third-order valence-corrected chi connectivity index (χ3v) is 5.55. The van der Waals surface area contributed by atoms with Crippen molar-refractivity contribution in [1.29, 1.82) is 0 Å². The van der Waals surface area contributed by atoms with Gasteiger partial charge in [0.15, 0.2) is 0 Å². The van der Waals surface area contributed by atoms with Gasteiger partial charge in [0, 0.05) is 26.2 Å². The number of hydrogen-bond acceptors (Lipinski definition) is 3. The minimum absolute atomic E-state index is 0. The predicted octanol–water partition coefficient (Wildman–Crippen LogP) is 4.20. The highest BCUT2D eigenvalue weighted by atomic mass is 35.5. The molecule has 2 heterocycles. The van der Waals surface area contributed by atoms with Gasteiger partial charge in [0.25, 0.3) is 0 Å². The average Bonchev–Trinajstić information content (AvgIpc) is 2.61. The lowest BCUT2D eigenvalue weighted by molar-refractivity contribution is 0.0318. The molecule has 3 nitrogen and oxygen atoms in total. The lowest BCUT2D eigenvalue weighted by atomic mass is 9.94. The number of benzene rings is 1. The van der Waals surface area contributed by atoms with Gasteiger partial charge >= 0.3 is 0 Å². The fourth-order valence-electron chi connectivity index (χ4n) is 3.80. The summed E-state index contributed by atoms with van der Waals surface area (Å²) in [5.41, 5.74) is 4.18. The van der Waals surface area contributed by atoms with E-state index in [-0.39, 0.29) is 24.8 Å². The van der Waals surface area contributed by atoms with Crippen LogP contribution >= 0.6 is 24.8 Å². The van der Waals surface area contributed by atoms with E-state index in [0.29, 0.717) is 0 Å². The molecule has 0 aromatic heterocycles. The highest BCUT2D eigenvalue weighted by Crippen LogP contribution is 2.22. The van der Waals surface area contributed by atoms with Crippen LogP contribution in [0.25, 0.3) is 6.08 Å². The van der Waals surface area contributed by atoms with E-state index in [9.17, 15) is 0 Å². The number of nitrogens with zero attached hydrogens (tertiary/aromatic N) is 2. The van der Waals surface area contributed by atoms with Crippen LogP contribution in [0.4, 0.5) is 0 Å². The number of rotatable bonds is 5. The number of piperidine rings is 1. The van der Waals surface area contributed by atoms with E-state index in [0.717, 1.165) is 32.2 Å². The van der Waals surface area contributed by atoms with Gasteiger partial charge < -0.3 is 9.64 Å². The Morgan fingerprint density at radius 1 is 0.923 bits per heavy atom. The second-order valence-corrected chi connectivity index (χ2v) is 7.30. The van der Waals surface area contributed by atoms with E-state index in [1.54, 1.807) is 0 Å². The second kappa shape index (κ2) is 12.0. The molecule has 0 N–H and O–H groups in total. The molecule has 0 bridgehead atoms. The van der Waals surface area contributed by atoms with Gasteiger partial charge in [-0.3, -0.25) is 4.90 Å². The molecule has 5 heteroatoms. The van der Waals surface area contributed by atoms with Crippen LogP contribution in [0.3, 0.4) is 0 Å². The Bertz CT molecular complexity index is 531. The molecule has 0 radical (unpaired) electrons. The lowest BCUT2D eigenvalue weighted by Crippen LogP contribution is -2.43. The van der Waals surface area contributed by atoms with Crippen LogP contribution in [0.2, 0.25) is 0 Å². The van der Waals surface area contributed by atoms with Crippen molar-refractivity contribution in [3.63, 3.8) is 0 Å². The van der Waals surface area contributed by atoms with Gasteiger partial charge in [0.2, 0.25) is 0 Å². The van der Waals surface area contributed by atoms with Crippen LogP contribution in [0.5, 0.6) is 0 Å². The Hall–Kier alpha value is -0.580. The number of halogens is 2. The summed E-state index contributed by atoms with van der Waals surface area (Å²) in [5.74, 6) is 0.739. The summed E-state index contributed by atoms with van der Waals surface area (Å²) in [5, 5.41) is 0. The van der Waals surface area contributed by atoms with E-state index in [1.807, 2.05) is 0 Å². The summed E-state index contributed by atoms with van der Waals surface area (Å²) in [6.45, 7) is 13.3. The largest absolute Gasteiger partial charge is 0.379 e. The lowest BCUT2D eigenvalue weighted by Gasteiger charge is -2.33. The minimum atomic E-state index is 0. The zero-order chi connectivity index (χ0) is 16.8. The Morgan fingerprint density at radius 2 is 1.46 bits per heavy atom. The summed E-state index contributed by atoms with van der Waals surface area (Å²) in [7, 11) is 0. The molecule has 2 aliphatic heterocycles. The van der Waals surface area contributed by atoms with E-state index >= 15 is 0 Å². The Morgan fingerprint density at radius 3 is 2.04 bits per heavy atom. The van der Waals surface area contributed by atoms with Gasteiger partial charge in [0.1, 0.15) is 0 Å². The molecule has 1 aromatic rings. The van der Waals surface area contributed by atoms with Crippen LogP contribution < -0.4 is 0 Å². The number of ether oxygens (including phenoxy) is 1. The van der Waals surface area contributed by atoms with Crippen molar-refractivity contribution in [3.8, 4) is 0 Å². The fourth-order valence-corrected chi connectivity index (χ4v) is 3.80. The molecule has 0 spiro atoms. The summed E-state index contributed by atoms with van der Waals surface area (Å²) < 4.78 is 5.42. The number of hydrogen-bond donors (Lipinski definition) is 0. The fraction of sp³-hybridized carbons (Fsp3) is 0.619. The summed E-state index contributed by atoms with van der Waals surface area (Å²) in [6, 6.07) is 6.57. The number of allylic oxidation sites excluding steroid dienone is 1. The molecule has 2 saturated heterocycles. The molecule has 0 unspecified atom stereocenters. The summed E-state index contributed by atoms with van der Waals surface area (Å²) in [6.07, 6.45) is 7.41. The maximum absolute atomic E-state index is 5.42. The van der Waals surface area contributed by atoms with Gasteiger partial charge in [-0.1, -0.05) is 30.4 Å². The first-order chi connectivity index (χ1) is 11.7. The van der Waals surface area contributed by atoms with E-state index in [1.165, 1.54) is 55.7 Å². The third kappa shape index (κ3) is 6.86. The molecule has 148 valence electrons. The maximum atomic E-state index is 5.42. The molecule has 1 aromatic carbocycles. The highest BCUT2D eigenvalue weighted by molar-refractivity contribution is 5.85. The first kappa shape index (κ1) is 23.5. The van der Waals surface area contributed by atoms with Crippen LogP contribution in [0, 0.1) is 19.8 Å². The Kier molecular flexibility index (Phi) is 10.8. The van der Waals surface area contributed by atoms with Crippen molar-refractivity contribution in [1.82, 2.24) is 9.80 Å². The second-order valence-electron chi connectivity index (χ2n) is 7.30. The van der Waals surface area contributed by atoms with Gasteiger partial charge in [-0.25, -0.2) is 0 Å². The summed E-state index contributed by atoms with van der Waals surface area (Å²) >= 11 is 0. The molecule has 0 saturated carbocycles. The van der Waals surface area contributed by atoms with E-state index in [4.69, 9.17) is 4.74 Å². The van der Waals surface area contributed by atoms with Crippen molar-refractivity contribution < 1.29 is 4.74 Å².